The average Bonchev–Trinajstić information content (AvgIpc) is 2.52. The van der Waals surface area contributed by atoms with E-state index in [9.17, 15) is 9.59 Å². The second-order valence-corrected chi connectivity index (χ2v) is 7.37. The Labute approximate surface area is 169 Å². The summed E-state index contributed by atoms with van der Waals surface area (Å²) in [6.07, 6.45) is 0. The van der Waals surface area contributed by atoms with E-state index in [0.717, 1.165) is 0 Å². The molecule has 0 aliphatic heterocycles. The van der Waals surface area contributed by atoms with Crippen LogP contribution in [0.3, 0.4) is 0 Å². The van der Waals surface area contributed by atoms with E-state index in [4.69, 9.17) is 32.7 Å². The lowest BCUT2D eigenvalue weighted by Gasteiger charge is -2.14. The highest BCUT2D eigenvalue weighted by atomic mass is 79.9. The smallest absolute Gasteiger partial charge is 0.308 e. The molecule has 0 atom stereocenters. The number of esters is 1. The van der Waals surface area contributed by atoms with Crippen molar-refractivity contribution in [3.05, 3.63) is 44.8 Å². The molecule has 2 aromatic rings. The molecule has 0 saturated carbocycles. The summed E-state index contributed by atoms with van der Waals surface area (Å²) in [5, 5.41) is 3.20. The van der Waals surface area contributed by atoms with Crippen LogP contribution in [0.5, 0.6) is 17.2 Å². The molecule has 0 fully saturated rings. The Hall–Kier alpha value is -1.76. The van der Waals surface area contributed by atoms with Crippen molar-refractivity contribution in [2.24, 2.45) is 5.92 Å². The largest absolute Gasteiger partial charge is 0.454 e. The monoisotopic (exact) mass is 459 g/mol. The third-order valence-corrected chi connectivity index (χ3v) is 4.39. The fourth-order valence-corrected chi connectivity index (χ4v) is 2.92. The van der Waals surface area contributed by atoms with Crippen molar-refractivity contribution < 1.29 is 19.1 Å². The molecular weight excluding hydrogens is 445 g/mol. The fraction of sp³-hybridized carbons (Fsp3) is 0.222. The molecule has 0 aliphatic carbocycles. The van der Waals surface area contributed by atoms with Gasteiger partial charge < -0.3 is 14.8 Å². The minimum atomic E-state index is -0.478. The van der Waals surface area contributed by atoms with Crippen LogP contribution in [0.2, 0.25) is 10.0 Å². The van der Waals surface area contributed by atoms with Gasteiger partial charge in [0.05, 0.1) is 15.7 Å². The number of benzene rings is 2. The van der Waals surface area contributed by atoms with Gasteiger partial charge in [-0.15, -0.1) is 0 Å². The highest BCUT2D eigenvalue weighted by Gasteiger charge is 2.14. The maximum Gasteiger partial charge on any atom is 0.308 e. The SMILES string of the molecule is CC(=O)Oc1cc(Cl)c(Oc2ccc(NC(=O)C(C)C)c(Br)c2)c(Cl)c1. The molecule has 2 rings (SSSR count). The van der Waals surface area contributed by atoms with Crippen LogP contribution in [0, 0.1) is 5.92 Å². The van der Waals surface area contributed by atoms with Crippen molar-refractivity contribution >= 4 is 56.7 Å². The van der Waals surface area contributed by atoms with Crippen LogP contribution in [-0.2, 0) is 9.59 Å². The first-order valence-corrected chi connectivity index (χ1v) is 9.18. The summed E-state index contributed by atoms with van der Waals surface area (Å²) in [6.45, 7) is 4.90. The van der Waals surface area contributed by atoms with Crippen LogP contribution < -0.4 is 14.8 Å². The molecule has 26 heavy (non-hydrogen) atoms. The molecule has 0 radical (unpaired) electrons. The van der Waals surface area contributed by atoms with Crippen molar-refractivity contribution in [2.75, 3.05) is 5.32 Å². The number of hydrogen-bond donors (Lipinski definition) is 1. The van der Waals surface area contributed by atoms with Gasteiger partial charge in [-0.25, -0.2) is 0 Å². The highest BCUT2D eigenvalue weighted by molar-refractivity contribution is 9.10. The van der Waals surface area contributed by atoms with E-state index in [1.807, 2.05) is 13.8 Å². The Morgan fingerprint density at radius 1 is 1.08 bits per heavy atom. The van der Waals surface area contributed by atoms with Crippen molar-refractivity contribution in [3.63, 3.8) is 0 Å². The van der Waals surface area contributed by atoms with Gasteiger partial charge in [-0.1, -0.05) is 37.0 Å². The molecule has 0 spiro atoms. The molecule has 5 nitrogen and oxygen atoms in total. The summed E-state index contributed by atoms with van der Waals surface area (Å²) in [5.41, 5.74) is 0.624. The highest BCUT2D eigenvalue weighted by Crippen LogP contribution is 2.40. The molecular formula is C18H16BrCl2NO4. The average molecular weight is 461 g/mol. The number of ether oxygens (including phenoxy) is 2. The van der Waals surface area contributed by atoms with Gasteiger partial charge in [-0.3, -0.25) is 9.59 Å². The minimum absolute atomic E-state index is 0.0912. The van der Waals surface area contributed by atoms with Gasteiger partial charge in [-0.05, 0) is 34.1 Å². The molecule has 0 unspecified atom stereocenters. The maximum absolute atomic E-state index is 11.8. The van der Waals surface area contributed by atoms with E-state index in [1.165, 1.54) is 19.1 Å². The van der Waals surface area contributed by atoms with Crippen LogP contribution in [-0.4, -0.2) is 11.9 Å². The molecule has 1 amide bonds. The third-order valence-electron chi connectivity index (χ3n) is 3.18. The number of halogens is 3. The Balaban J connectivity index is 2.22. The van der Waals surface area contributed by atoms with E-state index < -0.39 is 5.97 Å². The first-order chi connectivity index (χ1) is 12.2. The predicted molar refractivity (Wildman–Crippen MR) is 105 cm³/mol. The van der Waals surface area contributed by atoms with Gasteiger partial charge >= 0.3 is 5.97 Å². The number of rotatable bonds is 5. The standard InChI is InChI=1S/C18H16BrCl2NO4/c1-9(2)18(24)22-16-5-4-11(6-13(16)19)26-17-14(20)7-12(8-15(17)21)25-10(3)23/h4-9H,1-3H3,(H,22,24). The Morgan fingerprint density at radius 3 is 2.19 bits per heavy atom. The zero-order chi connectivity index (χ0) is 19.4. The lowest BCUT2D eigenvalue weighted by molar-refractivity contribution is -0.131. The summed E-state index contributed by atoms with van der Waals surface area (Å²) < 4.78 is 11.3. The molecule has 0 heterocycles. The molecule has 1 N–H and O–H groups in total. The van der Waals surface area contributed by atoms with Crippen molar-refractivity contribution in [1.29, 1.82) is 0 Å². The molecule has 0 aliphatic rings. The van der Waals surface area contributed by atoms with E-state index in [2.05, 4.69) is 21.2 Å². The number of hydrogen-bond acceptors (Lipinski definition) is 4. The van der Waals surface area contributed by atoms with Crippen molar-refractivity contribution in [2.45, 2.75) is 20.8 Å². The number of carbonyl (C=O) groups excluding carboxylic acids is 2. The van der Waals surface area contributed by atoms with Crippen LogP contribution in [0.25, 0.3) is 0 Å². The maximum atomic E-state index is 11.8. The normalized spacial score (nSPS) is 10.6. The number of anilines is 1. The van der Waals surface area contributed by atoms with Crippen LogP contribution in [0.15, 0.2) is 34.8 Å². The van der Waals surface area contributed by atoms with Crippen molar-refractivity contribution in [1.82, 2.24) is 0 Å². The van der Waals surface area contributed by atoms with Gasteiger partial charge in [0, 0.05) is 29.4 Å². The predicted octanol–water partition coefficient (Wildman–Crippen LogP) is 6.07. The van der Waals surface area contributed by atoms with Crippen molar-refractivity contribution in [3.8, 4) is 17.2 Å². The quantitative estimate of drug-likeness (QED) is 0.434. The van der Waals surface area contributed by atoms with Crippen LogP contribution in [0.1, 0.15) is 20.8 Å². The summed E-state index contributed by atoms with van der Waals surface area (Å²) in [6, 6.07) is 7.94. The first kappa shape index (κ1) is 20.6. The Kier molecular flexibility index (Phi) is 6.92. The molecule has 0 bridgehead atoms. The van der Waals surface area contributed by atoms with Gasteiger partial charge in [0.1, 0.15) is 11.5 Å². The number of carbonyl (C=O) groups is 2. The summed E-state index contributed by atoms with van der Waals surface area (Å²) >= 11 is 15.7. The topological polar surface area (TPSA) is 64.6 Å². The van der Waals surface area contributed by atoms with Crippen LogP contribution in [0.4, 0.5) is 5.69 Å². The van der Waals surface area contributed by atoms with E-state index >= 15 is 0 Å². The minimum Gasteiger partial charge on any atom is -0.454 e. The number of amides is 1. The Morgan fingerprint density at radius 2 is 1.69 bits per heavy atom. The van der Waals surface area contributed by atoms with Gasteiger partial charge in [0.2, 0.25) is 5.91 Å². The summed E-state index contributed by atoms with van der Waals surface area (Å²) in [7, 11) is 0. The van der Waals surface area contributed by atoms with E-state index in [1.54, 1.807) is 18.2 Å². The van der Waals surface area contributed by atoms with Crippen LogP contribution >= 0.6 is 39.1 Å². The molecule has 8 heteroatoms. The lowest BCUT2D eigenvalue weighted by Crippen LogP contribution is -2.17. The fourth-order valence-electron chi connectivity index (χ4n) is 1.91. The molecule has 0 aromatic heterocycles. The summed E-state index contributed by atoms with van der Waals surface area (Å²) in [5.74, 6) is 0.220. The number of nitrogens with one attached hydrogen (secondary N) is 1. The van der Waals surface area contributed by atoms with E-state index in [0.29, 0.717) is 15.9 Å². The summed E-state index contributed by atoms with van der Waals surface area (Å²) in [4.78, 5) is 22.8. The zero-order valence-electron chi connectivity index (χ0n) is 14.2. The molecule has 2 aromatic carbocycles. The second kappa shape index (κ2) is 8.75. The Bertz CT molecular complexity index is 832. The molecule has 138 valence electrons. The van der Waals surface area contributed by atoms with E-state index in [-0.39, 0.29) is 33.4 Å². The lowest BCUT2D eigenvalue weighted by atomic mass is 10.2. The van der Waals surface area contributed by atoms with Gasteiger partial charge in [0.25, 0.3) is 0 Å². The van der Waals surface area contributed by atoms with Gasteiger partial charge in [0.15, 0.2) is 5.75 Å². The first-order valence-electron chi connectivity index (χ1n) is 7.63. The zero-order valence-corrected chi connectivity index (χ0v) is 17.3. The second-order valence-electron chi connectivity index (χ2n) is 5.70. The molecule has 0 saturated heterocycles. The van der Waals surface area contributed by atoms with Gasteiger partial charge in [-0.2, -0.15) is 0 Å². The third kappa shape index (κ3) is 5.37.